The molecule has 0 bridgehead atoms. The zero-order valence-corrected chi connectivity index (χ0v) is 12.5. The van der Waals surface area contributed by atoms with Crippen LogP contribution in [0.2, 0.25) is 0 Å². The molecule has 2 aliphatic rings. The number of nitrogens with zero attached hydrogens (tertiary/aromatic N) is 1. The topological polar surface area (TPSA) is 29.5 Å². The zero-order chi connectivity index (χ0) is 14.9. The van der Waals surface area contributed by atoms with Crippen LogP contribution in [0.25, 0.3) is 0 Å². The smallest absolute Gasteiger partial charge is 0.164 e. The maximum Gasteiger partial charge on any atom is 0.164 e. The van der Waals surface area contributed by atoms with Crippen LogP contribution in [-0.2, 0) is 19.5 Å². The summed E-state index contributed by atoms with van der Waals surface area (Å²) in [5.41, 5.74) is 4.77. The summed E-state index contributed by atoms with van der Waals surface area (Å²) in [7, 11) is 0. The van der Waals surface area contributed by atoms with E-state index in [1.165, 1.54) is 16.7 Å². The molecule has 2 aliphatic heterocycles. The minimum Gasteiger partial charge on any atom is -0.493 e. The van der Waals surface area contributed by atoms with Crippen LogP contribution in [0.3, 0.4) is 0 Å². The molecule has 0 saturated heterocycles. The molecule has 0 spiro atoms. The summed E-state index contributed by atoms with van der Waals surface area (Å²) in [5, 5.41) is 0. The van der Waals surface area contributed by atoms with Crippen LogP contribution in [0.15, 0.2) is 42.5 Å². The average Bonchev–Trinajstić information content (AvgIpc) is 3.17. The van der Waals surface area contributed by atoms with E-state index in [2.05, 4.69) is 29.2 Å². The van der Waals surface area contributed by atoms with Crippen molar-refractivity contribution in [1.29, 1.82) is 0 Å². The van der Waals surface area contributed by atoms with E-state index < -0.39 is 0 Å². The number of hydrogen-bond donors (Lipinski definition) is 0. The molecule has 4 rings (SSSR count). The van der Waals surface area contributed by atoms with E-state index in [1.807, 2.05) is 18.2 Å². The number of carbonyl (C=O) groups excluding carboxylic acids is 1. The average molecular weight is 293 g/mol. The minimum atomic E-state index is 0.227. The molecule has 0 N–H and O–H groups in total. The Kier molecular flexibility index (Phi) is 3.43. The highest BCUT2D eigenvalue weighted by atomic mass is 16.5. The molecule has 2 aromatic carbocycles. The minimum absolute atomic E-state index is 0.227. The first-order chi connectivity index (χ1) is 10.8. The molecule has 0 fully saturated rings. The quantitative estimate of drug-likeness (QED) is 0.811. The summed E-state index contributed by atoms with van der Waals surface area (Å²) >= 11 is 0. The van der Waals surface area contributed by atoms with E-state index in [1.54, 1.807) is 0 Å². The SMILES string of the molecule is O=C(CCN1Cc2ccccc2C1)c1ccc2c(c1)CCO2. The number of carbonyl (C=O) groups is 1. The van der Waals surface area contributed by atoms with Crippen molar-refractivity contribution in [3.8, 4) is 5.75 Å². The predicted molar refractivity (Wildman–Crippen MR) is 85.1 cm³/mol. The third-order valence-electron chi connectivity index (χ3n) is 4.57. The van der Waals surface area contributed by atoms with Crippen LogP contribution < -0.4 is 4.74 Å². The Morgan fingerprint density at radius 3 is 2.59 bits per heavy atom. The van der Waals surface area contributed by atoms with Gasteiger partial charge in [0.05, 0.1) is 6.61 Å². The Labute approximate surface area is 130 Å². The lowest BCUT2D eigenvalue weighted by atomic mass is 10.0. The van der Waals surface area contributed by atoms with Crippen molar-refractivity contribution in [2.45, 2.75) is 25.9 Å². The van der Waals surface area contributed by atoms with Gasteiger partial charge in [-0.3, -0.25) is 9.69 Å². The summed E-state index contributed by atoms with van der Waals surface area (Å²) < 4.78 is 5.49. The number of rotatable bonds is 4. The van der Waals surface area contributed by atoms with Gasteiger partial charge in [0, 0.05) is 38.0 Å². The highest BCUT2D eigenvalue weighted by molar-refractivity contribution is 5.96. The summed E-state index contributed by atoms with van der Waals surface area (Å²) in [5.74, 6) is 1.16. The number of ketones is 1. The summed E-state index contributed by atoms with van der Waals surface area (Å²) in [4.78, 5) is 14.8. The van der Waals surface area contributed by atoms with Gasteiger partial charge in [0.15, 0.2) is 5.78 Å². The maximum absolute atomic E-state index is 12.4. The van der Waals surface area contributed by atoms with Gasteiger partial charge in [-0.25, -0.2) is 0 Å². The predicted octanol–water partition coefficient (Wildman–Crippen LogP) is 3.21. The first kappa shape index (κ1) is 13.5. The molecular formula is C19H19NO2. The normalized spacial score (nSPS) is 16.2. The van der Waals surface area contributed by atoms with Crippen LogP contribution in [-0.4, -0.2) is 23.8 Å². The fourth-order valence-corrected chi connectivity index (χ4v) is 3.33. The van der Waals surface area contributed by atoms with Crippen LogP contribution in [0.5, 0.6) is 5.75 Å². The van der Waals surface area contributed by atoms with Gasteiger partial charge in [-0.05, 0) is 34.9 Å². The summed E-state index contributed by atoms with van der Waals surface area (Å²) in [6.45, 7) is 3.48. The lowest BCUT2D eigenvalue weighted by Gasteiger charge is -2.14. The first-order valence-corrected chi connectivity index (χ1v) is 7.88. The van der Waals surface area contributed by atoms with Gasteiger partial charge in [-0.1, -0.05) is 24.3 Å². The fourth-order valence-electron chi connectivity index (χ4n) is 3.33. The summed E-state index contributed by atoms with van der Waals surface area (Å²) in [6.07, 6.45) is 1.49. The molecule has 0 amide bonds. The number of hydrogen-bond acceptors (Lipinski definition) is 3. The van der Waals surface area contributed by atoms with Crippen molar-refractivity contribution < 1.29 is 9.53 Å². The Hall–Kier alpha value is -2.13. The molecule has 0 saturated carbocycles. The molecule has 2 aromatic rings. The van der Waals surface area contributed by atoms with Gasteiger partial charge >= 0.3 is 0 Å². The molecule has 3 heteroatoms. The number of fused-ring (bicyclic) bond motifs is 2. The molecule has 112 valence electrons. The lowest BCUT2D eigenvalue weighted by molar-refractivity contribution is 0.0963. The second-order valence-corrected chi connectivity index (χ2v) is 6.07. The first-order valence-electron chi connectivity index (χ1n) is 7.88. The molecule has 0 aliphatic carbocycles. The molecule has 3 nitrogen and oxygen atoms in total. The highest BCUT2D eigenvalue weighted by Crippen LogP contribution is 2.27. The van der Waals surface area contributed by atoms with Crippen molar-refractivity contribution in [3.05, 3.63) is 64.7 Å². The fraction of sp³-hybridized carbons (Fsp3) is 0.316. The van der Waals surface area contributed by atoms with Gasteiger partial charge in [0.25, 0.3) is 0 Å². The second-order valence-electron chi connectivity index (χ2n) is 6.07. The standard InChI is InChI=1S/C19H19NO2/c21-18(14-5-6-19-15(11-14)8-10-22-19)7-9-20-12-16-3-1-2-4-17(16)13-20/h1-6,11H,7-10,12-13H2. The second kappa shape index (κ2) is 5.58. The molecule has 0 aromatic heterocycles. The Balaban J connectivity index is 1.37. The van der Waals surface area contributed by atoms with Gasteiger partial charge in [-0.2, -0.15) is 0 Å². The number of Topliss-reactive ketones (excluding diaryl/α,β-unsaturated/α-hetero) is 1. The lowest BCUT2D eigenvalue weighted by Crippen LogP contribution is -2.20. The Bertz CT molecular complexity index is 698. The molecule has 0 unspecified atom stereocenters. The van der Waals surface area contributed by atoms with E-state index in [4.69, 9.17) is 4.74 Å². The maximum atomic E-state index is 12.4. The van der Waals surface area contributed by atoms with Crippen molar-refractivity contribution in [2.75, 3.05) is 13.2 Å². The monoisotopic (exact) mass is 293 g/mol. The van der Waals surface area contributed by atoms with Crippen LogP contribution in [0.1, 0.15) is 33.5 Å². The van der Waals surface area contributed by atoms with E-state index in [-0.39, 0.29) is 5.78 Å². The van der Waals surface area contributed by atoms with Gasteiger partial charge in [-0.15, -0.1) is 0 Å². The van der Waals surface area contributed by atoms with Crippen molar-refractivity contribution >= 4 is 5.78 Å². The Morgan fingerprint density at radius 1 is 1.05 bits per heavy atom. The van der Waals surface area contributed by atoms with Gasteiger partial charge in [0.1, 0.15) is 5.75 Å². The third-order valence-corrected chi connectivity index (χ3v) is 4.57. The van der Waals surface area contributed by atoms with E-state index in [9.17, 15) is 4.79 Å². The van der Waals surface area contributed by atoms with Gasteiger partial charge in [0.2, 0.25) is 0 Å². The van der Waals surface area contributed by atoms with Crippen LogP contribution >= 0.6 is 0 Å². The van der Waals surface area contributed by atoms with Crippen LogP contribution in [0, 0.1) is 0 Å². The van der Waals surface area contributed by atoms with Crippen LogP contribution in [0.4, 0.5) is 0 Å². The molecule has 2 heterocycles. The van der Waals surface area contributed by atoms with Crippen molar-refractivity contribution in [3.63, 3.8) is 0 Å². The largest absolute Gasteiger partial charge is 0.493 e. The summed E-state index contributed by atoms with van der Waals surface area (Å²) in [6, 6.07) is 14.4. The number of benzene rings is 2. The number of ether oxygens (including phenoxy) is 1. The molecule has 0 radical (unpaired) electrons. The van der Waals surface area contributed by atoms with Gasteiger partial charge < -0.3 is 4.74 Å². The molecule has 22 heavy (non-hydrogen) atoms. The van der Waals surface area contributed by atoms with Crippen molar-refractivity contribution in [1.82, 2.24) is 4.90 Å². The van der Waals surface area contributed by atoms with E-state index in [0.717, 1.165) is 44.0 Å². The third kappa shape index (κ3) is 2.53. The zero-order valence-electron chi connectivity index (χ0n) is 12.5. The molecular weight excluding hydrogens is 274 g/mol. The van der Waals surface area contributed by atoms with Crippen molar-refractivity contribution in [2.24, 2.45) is 0 Å². The highest BCUT2D eigenvalue weighted by Gasteiger charge is 2.20. The van der Waals surface area contributed by atoms with E-state index in [0.29, 0.717) is 6.42 Å². The molecule has 0 atom stereocenters. The Morgan fingerprint density at radius 2 is 1.82 bits per heavy atom. The van der Waals surface area contributed by atoms with E-state index >= 15 is 0 Å².